The number of halogens is 1. The van der Waals surface area contributed by atoms with Gasteiger partial charge < -0.3 is 10.1 Å². The molecule has 162 valence electrons. The summed E-state index contributed by atoms with van der Waals surface area (Å²) in [5.74, 6) is 0.856. The zero-order valence-corrected chi connectivity index (χ0v) is 18.6. The van der Waals surface area contributed by atoms with Crippen molar-refractivity contribution in [3.05, 3.63) is 49.3 Å². The summed E-state index contributed by atoms with van der Waals surface area (Å²) in [6.07, 6.45) is 8.17. The molecule has 5 rings (SSSR count). The first-order valence-corrected chi connectivity index (χ1v) is 11.6. The Balaban J connectivity index is 1.61. The van der Waals surface area contributed by atoms with Crippen LogP contribution < -0.4 is 10.1 Å². The normalized spacial score (nSPS) is 12.5. The van der Waals surface area contributed by atoms with Crippen molar-refractivity contribution in [1.29, 1.82) is 0 Å². The lowest BCUT2D eigenvalue weighted by molar-refractivity contribution is 0.244. The molecule has 0 fully saturated rings. The number of benzene rings is 1. The third-order valence-corrected chi connectivity index (χ3v) is 5.87. The second-order valence-corrected chi connectivity index (χ2v) is 8.89. The van der Waals surface area contributed by atoms with Gasteiger partial charge in [-0.3, -0.25) is 10.1 Å². The van der Waals surface area contributed by atoms with Crippen molar-refractivity contribution in [3.63, 3.8) is 0 Å². The highest BCUT2D eigenvalue weighted by Crippen LogP contribution is 2.33. The first-order chi connectivity index (χ1) is 15.5. The maximum atomic E-state index is 11.9. The zero-order valence-electron chi connectivity index (χ0n) is 17.0. The Hall–Kier alpha value is -3.57. The van der Waals surface area contributed by atoms with E-state index in [1.807, 2.05) is 19.9 Å². The van der Waals surface area contributed by atoms with Gasteiger partial charge in [0.2, 0.25) is 11.6 Å². The lowest BCUT2D eigenvalue weighted by Crippen LogP contribution is -2.09. The number of aromatic nitrogens is 7. The minimum absolute atomic E-state index is 0.0952. The fraction of sp³-hybridized carbons (Fsp3) is 0.150. The molecule has 0 bridgehead atoms. The molecule has 1 unspecified atom stereocenters. The van der Waals surface area contributed by atoms with Gasteiger partial charge in [-0.25, -0.2) is 9.19 Å². The quantitative estimate of drug-likeness (QED) is 0.360. The third-order valence-electron chi connectivity index (χ3n) is 4.67. The number of H-pyrrole nitrogens is 1. The van der Waals surface area contributed by atoms with Crippen LogP contribution in [0.4, 0.5) is 11.6 Å². The number of hydrogen-bond donors (Lipinski definition) is 2. The van der Waals surface area contributed by atoms with Crippen LogP contribution in [0.15, 0.2) is 54.2 Å². The van der Waals surface area contributed by atoms with E-state index in [1.165, 1.54) is 0 Å². The van der Waals surface area contributed by atoms with Crippen LogP contribution in [-0.2, 0) is 10.0 Å². The predicted octanol–water partition coefficient (Wildman–Crippen LogP) is 3.85. The smallest absolute Gasteiger partial charge is 0.247 e. The van der Waals surface area contributed by atoms with Crippen LogP contribution in [0.3, 0.4) is 0 Å². The molecule has 0 spiro atoms. The van der Waals surface area contributed by atoms with Gasteiger partial charge in [-0.15, -0.1) is 5.10 Å². The van der Waals surface area contributed by atoms with E-state index in [1.54, 1.807) is 47.8 Å². The second kappa shape index (κ2) is 8.17. The molecule has 0 aliphatic heterocycles. The summed E-state index contributed by atoms with van der Waals surface area (Å²) in [7, 11) is 4.17. The van der Waals surface area contributed by atoms with Crippen LogP contribution in [0.2, 0.25) is 0 Å². The third kappa shape index (κ3) is 3.65. The van der Waals surface area contributed by atoms with Crippen molar-refractivity contribution in [2.45, 2.75) is 24.8 Å². The maximum absolute atomic E-state index is 11.9. The minimum atomic E-state index is -1.66. The largest absolute Gasteiger partial charge is 0.485 e. The summed E-state index contributed by atoms with van der Waals surface area (Å²) in [6, 6.07) is 5.29. The highest BCUT2D eigenvalue weighted by Gasteiger charge is 2.19. The molecule has 0 radical (unpaired) electrons. The van der Waals surface area contributed by atoms with Gasteiger partial charge in [-0.1, -0.05) is 0 Å². The van der Waals surface area contributed by atoms with Gasteiger partial charge in [0.15, 0.2) is 5.75 Å². The van der Waals surface area contributed by atoms with E-state index in [0.717, 1.165) is 16.6 Å². The molecule has 32 heavy (non-hydrogen) atoms. The van der Waals surface area contributed by atoms with Gasteiger partial charge in [0.1, 0.15) is 22.0 Å². The molecule has 0 saturated carbocycles. The molecule has 0 aliphatic carbocycles. The lowest BCUT2D eigenvalue weighted by Gasteiger charge is -2.12. The van der Waals surface area contributed by atoms with Crippen molar-refractivity contribution in [1.82, 2.24) is 34.8 Å². The molecular weight excluding hydrogens is 452 g/mol. The topological polar surface area (TPSA) is 123 Å². The minimum Gasteiger partial charge on any atom is -0.485 e. The van der Waals surface area contributed by atoms with Crippen LogP contribution in [0.1, 0.15) is 13.8 Å². The van der Waals surface area contributed by atoms with Crippen LogP contribution in [0, 0.1) is 0 Å². The van der Waals surface area contributed by atoms with Gasteiger partial charge in [-0.05, 0) is 42.7 Å². The summed E-state index contributed by atoms with van der Waals surface area (Å²) in [4.78, 5) is 13.7. The average molecular weight is 469 g/mol. The molecule has 1 aromatic carbocycles. The Morgan fingerprint density at radius 3 is 2.84 bits per heavy atom. The number of aromatic amines is 1. The van der Waals surface area contributed by atoms with E-state index in [2.05, 4.69) is 35.6 Å². The Kier molecular flexibility index (Phi) is 5.19. The first-order valence-electron chi connectivity index (χ1n) is 9.64. The molecule has 4 heterocycles. The molecule has 12 heteroatoms. The lowest BCUT2D eigenvalue weighted by atomic mass is 10.1. The molecule has 4 aromatic heterocycles. The molecule has 0 saturated heterocycles. The van der Waals surface area contributed by atoms with Gasteiger partial charge in [-0.2, -0.15) is 14.6 Å². The summed E-state index contributed by atoms with van der Waals surface area (Å²) in [5, 5.41) is 16.0. The maximum Gasteiger partial charge on any atom is 0.247 e. The SMILES string of the molecule is CC(C)Oc1c(-c2cn[nH]c2)ncn2nc(Nc3ccc(S(=O)Cl)c4cnccc34)nc12. The molecule has 0 amide bonds. The second-order valence-electron chi connectivity index (χ2n) is 7.16. The van der Waals surface area contributed by atoms with Crippen molar-refractivity contribution < 1.29 is 8.95 Å². The Morgan fingerprint density at radius 1 is 1.22 bits per heavy atom. The summed E-state index contributed by atoms with van der Waals surface area (Å²) in [6.45, 7) is 3.86. The van der Waals surface area contributed by atoms with Crippen LogP contribution >= 0.6 is 10.7 Å². The molecule has 2 N–H and O–H groups in total. The Labute approximate surface area is 189 Å². The summed E-state index contributed by atoms with van der Waals surface area (Å²) >= 11 is 0. The van der Waals surface area contributed by atoms with Crippen molar-refractivity contribution in [2.24, 2.45) is 0 Å². The molecule has 0 aliphatic rings. The number of nitrogens with one attached hydrogen (secondary N) is 2. The van der Waals surface area contributed by atoms with Gasteiger partial charge in [0.25, 0.3) is 0 Å². The van der Waals surface area contributed by atoms with E-state index >= 15 is 0 Å². The van der Waals surface area contributed by atoms with Crippen LogP contribution in [-0.4, -0.2) is 45.1 Å². The number of ether oxygens (including phenoxy) is 1. The van der Waals surface area contributed by atoms with E-state index in [-0.39, 0.29) is 6.10 Å². The average Bonchev–Trinajstić information content (AvgIpc) is 3.43. The zero-order chi connectivity index (χ0) is 22.2. The molecule has 5 aromatic rings. The van der Waals surface area contributed by atoms with Crippen LogP contribution in [0.5, 0.6) is 5.75 Å². The standard InChI is InChI=1S/C20H17ClN8O2S/c1-11(2)31-18-17(12-7-24-25-8-12)23-10-29-19(18)27-20(28-29)26-15-3-4-16(32(21)30)14-9-22-6-5-13(14)15/h3-11H,1-2H3,(H,24,25)(H,26,28). The van der Waals surface area contributed by atoms with Crippen molar-refractivity contribution in [2.75, 3.05) is 5.32 Å². The highest BCUT2D eigenvalue weighted by atomic mass is 35.7. The van der Waals surface area contributed by atoms with Gasteiger partial charge in [0.05, 0.1) is 17.2 Å². The van der Waals surface area contributed by atoms with Crippen molar-refractivity contribution >= 4 is 48.8 Å². The predicted molar refractivity (Wildman–Crippen MR) is 121 cm³/mol. The fourth-order valence-corrected chi connectivity index (χ4v) is 4.27. The number of anilines is 2. The van der Waals surface area contributed by atoms with Gasteiger partial charge in [0, 0.05) is 40.6 Å². The molecule has 1 atom stereocenters. The number of fused-ring (bicyclic) bond motifs is 2. The Bertz CT molecular complexity index is 1450. The van der Waals surface area contributed by atoms with E-state index < -0.39 is 10.0 Å². The highest BCUT2D eigenvalue weighted by molar-refractivity contribution is 8.08. The van der Waals surface area contributed by atoms with E-state index in [9.17, 15) is 4.21 Å². The van der Waals surface area contributed by atoms with Crippen molar-refractivity contribution in [3.8, 4) is 17.0 Å². The first kappa shape index (κ1) is 20.3. The van der Waals surface area contributed by atoms with Gasteiger partial charge >= 0.3 is 0 Å². The fourth-order valence-electron chi connectivity index (χ4n) is 3.35. The Morgan fingerprint density at radius 2 is 2.09 bits per heavy atom. The molecule has 10 nitrogen and oxygen atoms in total. The van der Waals surface area contributed by atoms with E-state index in [4.69, 9.17) is 15.4 Å². The van der Waals surface area contributed by atoms with E-state index in [0.29, 0.717) is 33.3 Å². The number of rotatable bonds is 6. The number of nitrogens with zero attached hydrogens (tertiary/aromatic N) is 6. The molecular formula is C20H17ClN8O2S. The monoisotopic (exact) mass is 468 g/mol. The number of hydrogen-bond acceptors (Lipinski definition) is 8. The summed E-state index contributed by atoms with van der Waals surface area (Å²) < 4.78 is 19.5. The van der Waals surface area contributed by atoms with Crippen LogP contribution in [0.25, 0.3) is 27.7 Å². The summed E-state index contributed by atoms with van der Waals surface area (Å²) in [5.41, 5.74) is 2.63. The number of pyridine rings is 1.